The van der Waals surface area contributed by atoms with E-state index in [0.717, 1.165) is 50.5 Å². The Morgan fingerprint density at radius 1 is 1.09 bits per heavy atom. The Bertz CT molecular complexity index is 557. The van der Waals surface area contributed by atoms with Crippen molar-refractivity contribution in [1.82, 2.24) is 4.90 Å². The third-order valence-electron chi connectivity index (χ3n) is 4.17. The molecule has 0 spiro atoms. The summed E-state index contributed by atoms with van der Waals surface area (Å²) in [5.74, 6) is 0. The molecule has 0 aromatic heterocycles. The Morgan fingerprint density at radius 2 is 1.82 bits per heavy atom. The number of anilines is 1. The predicted octanol–water partition coefficient (Wildman–Crippen LogP) is 3.49. The van der Waals surface area contributed by atoms with Crippen LogP contribution in [0.2, 0.25) is 0 Å². The fourth-order valence-electron chi connectivity index (χ4n) is 3.11. The summed E-state index contributed by atoms with van der Waals surface area (Å²) >= 11 is 0. The normalized spacial score (nSPS) is 23.3. The van der Waals surface area contributed by atoms with Crippen molar-refractivity contribution in [3.63, 3.8) is 0 Å². The second-order valence-electron chi connectivity index (χ2n) is 6.83. The Morgan fingerprint density at radius 3 is 2.55 bits per heavy atom. The molecule has 0 unspecified atom stereocenters. The van der Waals surface area contributed by atoms with Crippen LogP contribution in [-0.4, -0.2) is 36.9 Å². The number of allylic oxidation sites excluding steroid dienone is 2. The smallest absolute Gasteiger partial charge is 0.0642 e. The summed E-state index contributed by atoms with van der Waals surface area (Å²) in [6.07, 6.45) is 4.37. The molecule has 1 aromatic rings. The zero-order valence-electron chi connectivity index (χ0n) is 13.5. The van der Waals surface area contributed by atoms with E-state index in [1.807, 2.05) is 30.3 Å². The largest absolute Gasteiger partial charge is 0.378 e. The van der Waals surface area contributed by atoms with Crippen molar-refractivity contribution >= 4 is 11.4 Å². The SMILES string of the molecule is CC1(C)CC(N2CCOCC2)=CC(=NNc2ccccc2)C1. The molecule has 1 aliphatic carbocycles. The van der Waals surface area contributed by atoms with Crippen LogP contribution in [0.4, 0.5) is 5.69 Å². The van der Waals surface area contributed by atoms with Gasteiger partial charge in [0, 0.05) is 18.8 Å². The summed E-state index contributed by atoms with van der Waals surface area (Å²) in [6.45, 7) is 8.26. The molecule has 1 heterocycles. The van der Waals surface area contributed by atoms with Gasteiger partial charge in [0.1, 0.15) is 0 Å². The molecule has 1 fully saturated rings. The van der Waals surface area contributed by atoms with Gasteiger partial charge < -0.3 is 9.64 Å². The first-order valence-electron chi connectivity index (χ1n) is 8.03. The monoisotopic (exact) mass is 299 g/mol. The van der Waals surface area contributed by atoms with Crippen LogP contribution >= 0.6 is 0 Å². The summed E-state index contributed by atoms with van der Waals surface area (Å²) in [6, 6.07) is 10.1. The molecule has 0 radical (unpaired) electrons. The van der Waals surface area contributed by atoms with E-state index < -0.39 is 0 Å². The zero-order chi connectivity index (χ0) is 15.4. The van der Waals surface area contributed by atoms with E-state index in [0.29, 0.717) is 0 Å². The lowest BCUT2D eigenvalue weighted by Gasteiger charge is -2.38. The maximum Gasteiger partial charge on any atom is 0.0642 e. The van der Waals surface area contributed by atoms with Crippen LogP contribution in [0.1, 0.15) is 26.7 Å². The summed E-state index contributed by atoms with van der Waals surface area (Å²) in [4.78, 5) is 2.45. The van der Waals surface area contributed by atoms with E-state index in [2.05, 4.69) is 35.4 Å². The molecule has 1 aromatic carbocycles. The van der Waals surface area contributed by atoms with Gasteiger partial charge in [-0.25, -0.2) is 0 Å². The van der Waals surface area contributed by atoms with Crippen LogP contribution in [0.15, 0.2) is 47.2 Å². The Labute approximate surface area is 132 Å². The fraction of sp³-hybridized carbons (Fsp3) is 0.500. The molecule has 0 amide bonds. The van der Waals surface area contributed by atoms with Gasteiger partial charge in [-0.1, -0.05) is 32.0 Å². The van der Waals surface area contributed by atoms with E-state index in [1.165, 1.54) is 5.70 Å². The summed E-state index contributed by atoms with van der Waals surface area (Å²) < 4.78 is 5.46. The van der Waals surface area contributed by atoms with Gasteiger partial charge in [-0.2, -0.15) is 5.10 Å². The van der Waals surface area contributed by atoms with Gasteiger partial charge in [-0.05, 0) is 36.5 Å². The van der Waals surface area contributed by atoms with Crippen LogP contribution in [0.25, 0.3) is 0 Å². The van der Waals surface area contributed by atoms with Gasteiger partial charge in [0.05, 0.1) is 24.6 Å². The van der Waals surface area contributed by atoms with E-state index in [-0.39, 0.29) is 5.41 Å². The minimum Gasteiger partial charge on any atom is -0.378 e. The first kappa shape index (κ1) is 15.1. The van der Waals surface area contributed by atoms with Crippen molar-refractivity contribution in [2.24, 2.45) is 10.5 Å². The molecule has 4 heteroatoms. The van der Waals surface area contributed by atoms with Crippen molar-refractivity contribution in [3.8, 4) is 0 Å². The molecule has 0 atom stereocenters. The minimum atomic E-state index is 0.250. The quantitative estimate of drug-likeness (QED) is 0.868. The first-order valence-corrected chi connectivity index (χ1v) is 8.03. The number of hydrogen-bond donors (Lipinski definition) is 1. The Hall–Kier alpha value is -1.81. The van der Waals surface area contributed by atoms with Crippen LogP contribution < -0.4 is 5.43 Å². The molecule has 1 saturated heterocycles. The van der Waals surface area contributed by atoms with E-state index in [9.17, 15) is 0 Å². The van der Waals surface area contributed by atoms with Crippen LogP contribution in [0.3, 0.4) is 0 Å². The topological polar surface area (TPSA) is 36.9 Å². The molecular formula is C18H25N3O. The van der Waals surface area contributed by atoms with Crippen LogP contribution in [0.5, 0.6) is 0 Å². The second kappa shape index (κ2) is 6.53. The third-order valence-corrected chi connectivity index (χ3v) is 4.17. The van der Waals surface area contributed by atoms with E-state index in [1.54, 1.807) is 0 Å². The second-order valence-corrected chi connectivity index (χ2v) is 6.83. The number of rotatable bonds is 3. The highest BCUT2D eigenvalue weighted by Gasteiger charge is 2.29. The van der Waals surface area contributed by atoms with Crippen molar-refractivity contribution in [2.75, 3.05) is 31.7 Å². The number of hydrazone groups is 1. The fourth-order valence-corrected chi connectivity index (χ4v) is 3.11. The van der Waals surface area contributed by atoms with E-state index in [4.69, 9.17) is 4.74 Å². The lowest BCUT2D eigenvalue weighted by atomic mass is 9.78. The molecular weight excluding hydrogens is 274 g/mol. The number of para-hydroxylation sites is 1. The van der Waals surface area contributed by atoms with Crippen molar-refractivity contribution < 1.29 is 4.74 Å². The molecule has 2 aliphatic rings. The summed E-state index contributed by atoms with van der Waals surface area (Å²) in [7, 11) is 0. The van der Waals surface area contributed by atoms with Gasteiger partial charge in [0.2, 0.25) is 0 Å². The Kier molecular flexibility index (Phi) is 4.48. The van der Waals surface area contributed by atoms with Gasteiger partial charge in [-0.15, -0.1) is 0 Å². The number of morpholine rings is 1. The zero-order valence-corrected chi connectivity index (χ0v) is 13.5. The van der Waals surface area contributed by atoms with Crippen molar-refractivity contribution in [2.45, 2.75) is 26.7 Å². The average Bonchev–Trinajstić information content (AvgIpc) is 2.53. The molecule has 3 rings (SSSR count). The van der Waals surface area contributed by atoms with Gasteiger partial charge in [-0.3, -0.25) is 5.43 Å². The van der Waals surface area contributed by atoms with E-state index >= 15 is 0 Å². The maximum absolute atomic E-state index is 5.46. The number of nitrogens with one attached hydrogen (secondary N) is 1. The lowest BCUT2D eigenvalue weighted by molar-refractivity contribution is 0.0491. The highest BCUT2D eigenvalue weighted by molar-refractivity contribution is 5.97. The standard InChI is InChI=1S/C18H25N3O/c1-18(2)13-16(20-19-15-6-4-3-5-7-15)12-17(14-18)21-8-10-22-11-9-21/h3-7,12,19H,8-11,13-14H2,1-2H3. The first-order chi connectivity index (χ1) is 10.6. The molecule has 4 nitrogen and oxygen atoms in total. The summed E-state index contributed by atoms with van der Waals surface area (Å²) in [5.41, 5.74) is 6.98. The molecule has 0 saturated carbocycles. The number of hydrogen-bond acceptors (Lipinski definition) is 4. The Balaban J connectivity index is 1.76. The van der Waals surface area contributed by atoms with Crippen molar-refractivity contribution in [3.05, 3.63) is 42.1 Å². The molecule has 118 valence electrons. The lowest BCUT2D eigenvalue weighted by Crippen LogP contribution is -2.39. The number of nitrogens with zero attached hydrogens (tertiary/aromatic N) is 2. The molecule has 22 heavy (non-hydrogen) atoms. The minimum absolute atomic E-state index is 0.250. The van der Waals surface area contributed by atoms with Gasteiger partial charge in [0.25, 0.3) is 0 Å². The number of ether oxygens (including phenoxy) is 1. The predicted molar refractivity (Wildman–Crippen MR) is 91.0 cm³/mol. The molecule has 0 bridgehead atoms. The maximum atomic E-state index is 5.46. The highest BCUT2D eigenvalue weighted by atomic mass is 16.5. The third kappa shape index (κ3) is 3.89. The van der Waals surface area contributed by atoms with Gasteiger partial charge >= 0.3 is 0 Å². The number of benzene rings is 1. The molecule has 1 aliphatic heterocycles. The van der Waals surface area contributed by atoms with Crippen LogP contribution in [0, 0.1) is 5.41 Å². The average molecular weight is 299 g/mol. The molecule has 1 N–H and O–H groups in total. The van der Waals surface area contributed by atoms with Gasteiger partial charge in [0.15, 0.2) is 0 Å². The van der Waals surface area contributed by atoms with Crippen molar-refractivity contribution in [1.29, 1.82) is 0 Å². The summed E-state index contributed by atoms with van der Waals surface area (Å²) in [5, 5.41) is 4.63. The van der Waals surface area contributed by atoms with Crippen LogP contribution in [-0.2, 0) is 4.74 Å². The highest BCUT2D eigenvalue weighted by Crippen LogP contribution is 2.35.